The van der Waals surface area contributed by atoms with Crippen LogP contribution in [0.4, 0.5) is 0 Å². The van der Waals surface area contributed by atoms with Crippen molar-refractivity contribution in [2.45, 2.75) is 5.54 Å². The molecule has 0 bridgehead atoms. The van der Waals surface area contributed by atoms with Crippen LogP contribution in [0.5, 0.6) is 0 Å². The lowest BCUT2D eigenvalue weighted by Gasteiger charge is -2.36. The van der Waals surface area contributed by atoms with Crippen LogP contribution in [0.2, 0.25) is 5.02 Å². The fourth-order valence-corrected chi connectivity index (χ4v) is 5.75. The summed E-state index contributed by atoms with van der Waals surface area (Å²) in [6.07, 6.45) is 9.64. The van der Waals surface area contributed by atoms with Gasteiger partial charge in [0.05, 0.1) is 28.8 Å². The van der Waals surface area contributed by atoms with E-state index in [4.69, 9.17) is 16.7 Å². The van der Waals surface area contributed by atoms with Crippen LogP contribution in [0.1, 0.15) is 16.7 Å². The first kappa shape index (κ1) is 24.1. The van der Waals surface area contributed by atoms with E-state index < -0.39 is 5.54 Å². The van der Waals surface area contributed by atoms with Crippen molar-refractivity contribution in [3.05, 3.63) is 168 Å². The lowest BCUT2D eigenvalue weighted by atomic mass is 9.77. The van der Waals surface area contributed by atoms with Crippen molar-refractivity contribution in [3.8, 4) is 22.5 Å². The zero-order valence-electron chi connectivity index (χ0n) is 21.5. The fourth-order valence-electron chi connectivity index (χ4n) is 5.50. The molecule has 0 amide bonds. The van der Waals surface area contributed by atoms with E-state index in [-0.39, 0.29) is 0 Å². The van der Waals surface area contributed by atoms with Crippen molar-refractivity contribution in [3.63, 3.8) is 0 Å². The quantitative estimate of drug-likeness (QED) is 0.204. The Labute approximate surface area is 237 Å². The maximum Gasteiger partial charge on any atom is 0.156 e. The standard InChI is InChI=1S/C34H24ClN5/c35-30-20-25(23-39-32(22-37-33(30)39)31-18-10-11-19-36-31)26-21-38-40(24-26)34(27-12-4-1-5-13-27,28-14-6-2-7-15-28)29-16-8-3-9-17-29/h1-24H. The Bertz CT molecular complexity index is 1800. The van der Waals surface area contributed by atoms with E-state index in [1.807, 2.05) is 59.3 Å². The van der Waals surface area contributed by atoms with E-state index in [1.165, 1.54) is 0 Å². The minimum Gasteiger partial charge on any atom is -0.296 e. The lowest BCUT2D eigenvalue weighted by Crippen LogP contribution is -2.38. The first-order chi connectivity index (χ1) is 19.7. The SMILES string of the molecule is Clc1cc(-c2cnn(C(c3ccccc3)(c3ccccc3)c3ccccc3)c2)cn2c(-c3ccccn3)cnc12. The lowest BCUT2D eigenvalue weighted by molar-refractivity contribution is 0.460. The van der Waals surface area contributed by atoms with E-state index in [0.29, 0.717) is 10.7 Å². The summed E-state index contributed by atoms with van der Waals surface area (Å²) in [6.45, 7) is 0. The molecule has 0 saturated carbocycles. The summed E-state index contributed by atoms with van der Waals surface area (Å²) in [7, 11) is 0. The second-order valence-electron chi connectivity index (χ2n) is 9.61. The zero-order chi connectivity index (χ0) is 26.9. The van der Waals surface area contributed by atoms with E-state index in [9.17, 15) is 0 Å². The summed E-state index contributed by atoms with van der Waals surface area (Å²) in [4.78, 5) is 9.08. The Morgan fingerprint density at radius 2 is 1.20 bits per heavy atom. The number of aromatic nitrogens is 5. The highest BCUT2D eigenvalue weighted by Gasteiger charge is 2.39. The molecule has 6 heteroatoms. The highest BCUT2D eigenvalue weighted by molar-refractivity contribution is 6.33. The molecule has 3 aromatic carbocycles. The van der Waals surface area contributed by atoms with Crippen LogP contribution < -0.4 is 0 Å². The minimum atomic E-state index is -0.690. The molecule has 0 unspecified atom stereocenters. The third kappa shape index (κ3) is 3.91. The normalized spacial score (nSPS) is 11.6. The molecule has 4 aromatic heterocycles. The van der Waals surface area contributed by atoms with Crippen molar-refractivity contribution in [2.75, 3.05) is 0 Å². The summed E-state index contributed by atoms with van der Waals surface area (Å²) in [5.41, 5.74) is 6.91. The summed E-state index contributed by atoms with van der Waals surface area (Å²) in [5.74, 6) is 0. The average Bonchev–Trinajstić information content (AvgIpc) is 3.69. The Kier molecular flexibility index (Phi) is 5.99. The number of hydrogen-bond donors (Lipinski definition) is 0. The van der Waals surface area contributed by atoms with Gasteiger partial charge in [0, 0.05) is 29.7 Å². The Balaban J connectivity index is 1.45. The van der Waals surface area contributed by atoms with Crippen LogP contribution in [0.15, 0.2) is 146 Å². The predicted octanol–water partition coefficient (Wildman–Crippen LogP) is 7.75. The summed E-state index contributed by atoms with van der Waals surface area (Å²) in [5, 5.41) is 5.57. The first-order valence-corrected chi connectivity index (χ1v) is 13.4. The first-order valence-electron chi connectivity index (χ1n) is 13.1. The highest BCUT2D eigenvalue weighted by Crippen LogP contribution is 2.41. The van der Waals surface area contributed by atoms with E-state index in [2.05, 4.69) is 99.8 Å². The van der Waals surface area contributed by atoms with Crippen LogP contribution in [0.25, 0.3) is 28.2 Å². The van der Waals surface area contributed by atoms with Crippen LogP contribution in [-0.2, 0) is 5.54 Å². The molecule has 40 heavy (non-hydrogen) atoms. The monoisotopic (exact) mass is 537 g/mol. The number of rotatable bonds is 6. The van der Waals surface area contributed by atoms with E-state index >= 15 is 0 Å². The second-order valence-corrected chi connectivity index (χ2v) is 10.0. The van der Waals surface area contributed by atoms with Gasteiger partial charge in [0.1, 0.15) is 5.54 Å². The maximum atomic E-state index is 6.77. The van der Waals surface area contributed by atoms with Gasteiger partial charge in [0.25, 0.3) is 0 Å². The highest BCUT2D eigenvalue weighted by atomic mass is 35.5. The molecule has 0 N–H and O–H groups in total. The van der Waals surface area contributed by atoms with Gasteiger partial charge in [-0.05, 0) is 34.9 Å². The summed E-state index contributed by atoms with van der Waals surface area (Å²) >= 11 is 6.77. The van der Waals surface area contributed by atoms with Gasteiger partial charge in [-0.15, -0.1) is 0 Å². The molecular weight excluding hydrogens is 514 g/mol. The minimum absolute atomic E-state index is 0.563. The van der Waals surface area contributed by atoms with Gasteiger partial charge in [-0.3, -0.25) is 14.1 Å². The van der Waals surface area contributed by atoms with Gasteiger partial charge < -0.3 is 0 Å². The van der Waals surface area contributed by atoms with Gasteiger partial charge in [-0.2, -0.15) is 5.10 Å². The largest absolute Gasteiger partial charge is 0.296 e. The molecule has 192 valence electrons. The number of benzene rings is 3. The molecule has 0 aliphatic carbocycles. The molecule has 7 aromatic rings. The van der Waals surface area contributed by atoms with Crippen LogP contribution in [-0.4, -0.2) is 24.1 Å². The third-order valence-electron chi connectivity index (χ3n) is 7.32. The van der Waals surface area contributed by atoms with Gasteiger partial charge in [-0.25, -0.2) is 4.98 Å². The molecule has 0 aliphatic heterocycles. The molecule has 0 radical (unpaired) electrons. The van der Waals surface area contributed by atoms with Gasteiger partial charge in [-0.1, -0.05) is 109 Å². The van der Waals surface area contributed by atoms with Crippen molar-refractivity contribution in [1.29, 1.82) is 0 Å². The topological polar surface area (TPSA) is 48.0 Å². The number of pyridine rings is 2. The average molecular weight is 538 g/mol. The second kappa shape index (κ2) is 9.95. The van der Waals surface area contributed by atoms with Gasteiger partial charge in [0.2, 0.25) is 0 Å². The maximum absolute atomic E-state index is 6.77. The fraction of sp³-hybridized carbons (Fsp3) is 0.0294. The molecule has 4 heterocycles. The zero-order valence-corrected chi connectivity index (χ0v) is 22.2. The van der Waals surface area contributed by atoms with Crippen molar-refractivity contribution in [2.24, 2.45) is 0 Å². The number of halogens is 1. The Morgan fingerprint density at radius 1 is 0.600 bits per heavy atom. The van der Waals surface area contributed by atoms with E-state index in [0.717, 1.165) is 39.2 Å². The number of imidazole rings is 1. The van der Waals surface area contributed by atoms with Crippen molar-refractivity contribution in [1.82, 2.24) is 24.1 Å². The van der Waals surface area contributed by atoms with E-state index in [1.54, 1.807) is 6.20 Å². The smallest absolute Gasteiger partial charge is 0.156 e. The molecule has 0 atom stereocenters. The Hall–Kier alpha value is -5.00. The predicted molar refractivity (Wildman–Crippen MR) is 159 cm³/mol. The number of hydrogen-bond acceptors (Lipinski definition) is 3. The van der Waals surface area contributed by atoms with Crippen LogP contribution in [0.3, 0.4) is 0 Å². The summed E-state index contributed by atoms with van der Waals surface area (Å²) in [6, 6.07) is 39.3. The van der Waals surface area contributed by atoms with Gasteiger partial charge in [0.15, 0.2) is 5.65 Å². The van der Waals surface area contributed by atoms with Gasteiger partial charge >= 0.3 is 0 Å². The molecule has 0 fully saturated rings. The van der Waals surface area contributed by atoms with Crippen LogP contribution >= 0.6 is 11.6 Å². The third-order valence-corrected chi connectivity index (χ3v) is 7.60. The van der Waals surface area contributed by atoms with Crippen molar-refractivity contribution >= 4 is 17.2 Å². The molecule has 0 spiro atoms. The Morgan fingerprint density at radius 3 is 1.77 bits per heavy atom. The molecule has 0 aliphatic rings. The molecule has 7 rings (SSSR count). The molecule has 0 saturated heterocycles. The number of nitrogens with zero attached hydrogens (tertiary/aromatic N) is 5. The van der Waals surface area contributed by atoms with Crippen molar-refractivity contribution < 1.29 is 0 Å². The molecule has 5 nitrogen and oxygen atoms in total. The molecular formula is C34H24ClN5. The number of fused-ring (bicyclic) bond motifs is 1. The van der Waals surface area contributed by atoms with Crippen LogP contribution in [0, 0.1) is 0 Å². The summed E-state index contributed by atoms with van der Waals surface area (Å²) < 4.78 is 4.06.